The van der Waals surface area contributed by atoms with Gasteiger partial charge < -0.3 is 5.73 Å². The number of rotatable bonds is 3. The Morgan fingerprint density at radius 2 is 2.47 bits per heavy atom. The summed E-state index contributed by atoms with van der Waals surface area (Å²) in [7, 11) is 1.74. The predicted octanol–water partition coefficient (Wildman–Crippen LogP) is 1.28. The molecule has 2 aromatic rings. The third-order valence-corrected chi connectivity index (χ3v) is 3.49. The molecule has 0 amide bonds. The molecule has 2 N–H and O–H groups in total. The molecule has 0 aliphatic heterocycles. The van der Waals surface area contributed by atoms with Crippen LogP contribution in [0.15, 0.2) is 15.2 Å². The second-order valence-electron chi connectivity index (χ2n) is 3.19. The molecule has 5 nitrogen and oxygen atoms in total. The molecule has 80 valence electrons. The van der Waals surface area contributed by atoms with Gasteiger partial charge in [-0.1, -0.05) is 0 Å². The van der Waals surface area contributed by atoms with E-state index in [4.69, 9.17) is 5.73 Å². The first-order chi connectivity index (χ1) is 7.15. The molecule has 0 fully saturated rings. The molecule has 0 spiro atoms. The number of nitrogens with zero attached hydrogens (tertiary/aromatic N) is 4. The monoisotopic (exact) mass is 287 g/mol. The Bertz CT molecular complexity index is 451. The van der Waals surface area contributed by atoms with Crippen LogP contribution >= 0.6 is 27.3 Å². The molecule has 0 aliphatic carbocycles. The van der Waals surface area contributed by atoms with Crippen molar-refractivity contribution in [2.75, 3.05) is 0 Å². The van der Waals surface area contributed by atoms with Crippen molar-refractivity contribution in [3.05, 3.63) is 26.6 Å². The van der Waals surface area contributed by atoms with Crippen molar-refractivity contribution in [3.63, 3.8) is 0 Å². The van der Waals surface area contributed by atoms with Gasteiger partial charge in [-0.25, -0.2) is 0 Å². The smallest absolute Gasteiger partial charge is 0.176 e. The summed E-state index contributed by atoms with van der Waals surface area (Å²) in [5, 5.41) is 13.8. The third-order valence-electron chi connectivity index (χ3n) is 1.97. The highest BCUT2D eigenvalue weighted by Crippen LogP contribution is 2.25. The van der Waals surface area contributed by atoms with Crippen molar-refractivity contribution in [2.24, 2.45) is 12.8 Å². The molecule has 0 saturated heterocycles. The van der Waals surface area contributed by atoms with Crippen LogP contribution in [0.25, 0.3) is 0 Å². The molecular formula is C8H10BrN5S. The van der Waals surface area contributed by atoms with Gasteiger partial charge in [0.1, 0.15) is 0 Å². The minimum atomic E-state index is -0.0725. The minimum Gasteiger partial charge on any atom is -0.324 e. The van der Waals surface area contributed by atoms with Gasteiger partial charge in [0.05, 0.1) is 10.8 Å². The normalized spacial score (nSPS) is 13.0. The fourth-order valence-corrected chi connectivity index (χ4v) is 2.48. The Hall–Kier alpha value is -0.790. The van der Waals surface area contributed by atoms with E-state index in [9.17, 15) is 0 Å². The SMILES string of the molecule is Cn1nnc(CC(N)c2csc(Br)c2)n1. The van der Waals surface area contributed by atoms with Crippen LogP contribution in [0.5, 0.6) is 0 Å². The van der Waals surface area contributed by atoms with Crippen molar-refractivity contribution in [1.82, 2.24) is 20.2 Å². The molecular weight excluding hydrogens is 278 g/mol. The molecule has 2 heterocycles. The number of tetrazole rings is 1. The summed E-state index contributed by atoms with van der Waals surface area (Å²) in [6, 6.07) is 1.95. The molecule has 2 rings (SSSR count). The third kappa shape index (κ3) is 2.61. The van der Waals surface area contributed by atoms with E-state index in [0.717, 1.165) is 9.35 Å². The van der Waals surface area contributed by atoms with Crippen molar-refractivity contribution in [1.29, 1.82) is 0 Å². The van der Waals surface area contributed by atoms with Gasteiger partial charge in [-0.05, 0) is 38.2 Å². The highest BCUT2D eigenvalue weighted by Gasteiger charge is 2.12. The lowest BCUT2D eigenvalue weighted by Crippen LogP contribution is -2.13. The Kier molecular flexibility index (Phi) is 3.13. The second-order valence-corrected chi connectivity index (χ2v) is 5.48. The highest BCUT2D eigenvalue weighted by molar-refractivity contribution is 9.11. The largest absolute Gasteiger partial charge is 0.324 e. The zero-order chi connectivity index (χ0) is 10.8. The molecule has 0 bridgehead atoms. The number of nitrogens with two attached hydrogens (primary N) is 1. The first kappa shape index (κ1) is 10.7. The Labute approximate surface area is 99.4 Å². The molecule has 0 radical (unpaired) electrons. The predicted molar refractivity (Wildman–Crippen MR) is 61.4 cm³/mol. The Balaban J connectivity index is 2.06. The van der Waals surface area contributed by atoms with Crippen LogP contribution in [0.3, 0.4) is 0 Å². The Morgan fingerprint density at radius 1 is 1.67 bits per heavy atom. The van der Waals surface area contributed by atoms with Crippen molar-refractivity contribution < 1.29 is 0 Å². The van der Waals surface area contributed by atoms with Gasteiger partial charge in [0.15, 0.2) is 5.82 Å². The van der Waals surface area contributed by atoms with E-state index >= 15 is 0 Å². The van der Waals surface area contributed by atoms with E-state index in [1.807, 2.05) is 11.4 Å². The average molecular weight is 288 g/mol. The summed E-state index contributed by atoms with van der Waals surface area (Å²) >= 11 is 5.03. The van der Waals surface area contributed by atoms with Crippen molar-refractivity contribution in [2.45, 2.75) is 12.5 Å². The zero-order valence-electron chi connectivity index (χ0n) is 8.09. The van der Waals surface area contributed by atoms with Crippen LogP contribution in [0.1, 0.15) is 17.4 Å². The summed E-state index contributed by atoms with van der Waals surface area (Å²) in [6.45, 7) is 0. The maximum atomic E-state index is 6.02. The zero-order valence-corrected chi connectivity index (χ0v) is 10.5. The molecule has 1 atom stereocenters. The molecule has 0 aromatic carbocycles. The van der Waals surface area contributed by atoms with E-state index in [1.165, 1.54) is 4.80 Å². The fraction of sp³-hybridized carbons (Fsp3) is 0.375. The molecule has 7 heteroatoms. The van der Waals surface area contributed by atoms with Gasteiger partial charge in [0.25, 0.3) is 0 Å². The van der Waals surface area contributed by atoms with Crippen LogP contribution in [-0.2, 0) is 13.5 Å². The minimum absolute atomic E-state index is 0.0725. The molecule has 0 saturated carbocycles. The summed E-state index contributed by atoms with van der Waals surface area (Å²) in [5.41, 5.74) is 7.12. The number of hydrogen-bond acceptors (Lipinski definition) is 5. The fourth-order valence-electron chi connectivity index (χ4n) is 1.24. The summed E-state index contributed by atoms with van der Waals surface area (Å²) < 4.78 is 1.08. The topological polar surface area (TPSA) is 69.6 Å². The van der Waals surface area contributed by atoms with Gasteiger partial charge in [0, 0.05) is 12.5 Å². The van der Waals surface area contributed by atoms with Crippen LogP contribution in [0.2, 0.25) is 0 Å². The second kappa shape index (κ2) is 4.38. The first-order valence-corrected chi connectivity index (χ1v) is 6.05. The van der Waals surface area contributed by atoms with Crippen LogP contribution < -0.4 is 5.73 Å². The highest BCUT2D eigenvalue weighted by atomic mass is 79.9. The Morgan fingerprint density at radius 3 is 3.00 bits per heavy atom. The lowest BCUT2D eigenvalue weighted by Gasteiger charge is -2.05. The van der Waals surface area contributed by atoms with Crippen molar-refractivity contribution in [3.8, 4) is 0 Å². The standard InChI is InChI=1S/C8H10BrN5S/c1-14-12-8(11-13-14)3-6(10)5-2-7(9)15-4-5/h2,4,6H,3,10H2,1H3. The number of hydrogen-bond donors (Lipinski definition) is 1. The number of aryl methyl sites for hydroxylation is 1. The van der Waals surface area contributed by atoms with Gasteiger partial charge >= 0.3 is 0 Å². The van der Waals surface area contributed by atoms with Crippen LogP contribution in [-0.4, -0.2) is 20.2 Å². The van der Waals surface area contributed by atoms with Crippen LogP contribution in [0, 0.1) is 0 Å². The maximum Gasteiger partial charge on any atom is 0.176 e. The van der Waals surface area contributed by atoms with E-state index in [2.05, 4.69) is 31.3 Å². The molecule has 1 unspecified atom stereocenters. The van der Waals surface area contributed by atoms with E-state index in [1.54, 1.807) is 18.4 Å². The van der Waals surface area contributed by atoms with Crippen molar-refractivity contribution >= 4 is 27.3 Å². The summed E-state index contributed by atoms with van der Waals surface area (Å²) in [4.78, 5) is 1.44. The molecule has 0 aliphatic rings. The van der Waals surface area contributed by atoms with Gasteiger partial charge in [-0.15, -0.1) is 21.5 Å². The van der Waals surface area contributed by atoms with E-state index in [-0.39, 0.29) is 6.04 Å². The maximum absolute atomic E-state index is 6.02. The van der Waals surface area contributed by atoms with E-state index in [0.29, 0.717) is 12.2 Å². The lowest BCUT2D eigenvalue weighted by molar-refractivity contribution is 0.623. The van der Waals surface area contributed by atoms with Gasteiger partial charge in [-0.2, -0.15) is 4.80 Å². The summed E-state index contributed by atoms with van der Waals surface area (Å²) in [5.74, 6) is 0.673. The molecule has 15 heavy (non-hydrogen) atoms. The quantitative estimate of drug-likeness (QED) is 0.923. The number of thiophene rings is 1. The van der Waals surface area contributed by atoms with Crippen LogP contribution in [0.4, 0.5) is 0 Å². The number of halogens is 1. The molecule has 2 aromatic heterocycles. The van der Waals surface area contributed by atoms with Gasteiger partial charge in [-0.3, -0.25) is 0 Å². The van der Waals surface area contributed by atoms with E-state index < -0.39 is 0 Å². The average Bonchev–Trinajstić information content (AvgIpc) is 2.75. The number of aromatic nitrogens is 4. The first-order valence-electron chi connectivity index (χ1n) is 4.37. The van der Waals surface area contributed by atoms with Gasteiger partial charge in [0.2, 0.25) is 0 Å². The summed E-state index contributed by atoms with van der Waals surface area (Å²) in [6.07, 6.45) is 0.608. The lowest BCUT2D eigenvalue weighted by atomic mass is 10.1.